The Kier molecular flexibility index (Phi) is 9.13. The maximum Gasteiger partial charge on any atom is 0.410 e. The number of methoxy groups -OCH3 is 1. The number of H-pyrrole nitrogens is 2. The topological polar surface area (TPSA) is 155 Å². The Morgan fingerprint density at radius 1 is 0.926 bits per heavy atom. The van der Waals surface area contributed by atoms with Gasteiger partial charge in [-0.05, 0) is 106 Å². The van der Waals surface area contributed by atoms with E-state index in [9.17, 15) is 14.4 Å². The first-order chi connectivity index (χ1) is 25.9. The summed E-state index contributed by atoms with van der Waals surface area (Å²) in [6.07, 6.45) is 5.98. The third-order valence-electron chi connectivity index (χ3n) is 11.0. The Morgan fingerprint density at radius 2 is 1.69 bits per heavy atom. The molecule has 2 aromatic carbocycles. The van der Waals surface area contributed by atoms with E-state index in [4.69, 9.17) is 24.2 Å². The second-order valence-corrected chi connectivity index (χ2v) is 16.2. The SMILES string of the molecule is COC(=O)N[C@H](C(=O)N1CCC[C@H]1c1nc2c([nH]1)CCc1cc3c(cc1-2)OCc1cc(-c2cnc([C@@H]4CCCN4C(=O)OC(C)(C)C)[nH]2)ccc1-3)C(C)C. The Labute approximate surface area is 315 Å². The van der Waals surface area contributed by atoms with Gasteiger partial charge >= 0.3 is 12.2 Å². The molecule has 3 amide bonds. The molecule has 3 aliphatic heterocycles. The van der Waals surface area contributed by atoms with Crippen molar-refractivity contribution < 1.29 is 28.6 Å². The Balaban J connectivity index is 1.02. The number of benzene rings is 2. The van der Waals surface area contributed by atoms with E-state index in [1.165, 1.54) is 12.7 Å². The van der Waals surface area contributed by atoms with E-state index < -0.39 is 17.7 Å². The van der Waals surface area contributed by atoms with Gasteiger partial charge in [-0.15, -0.1) is 0 Å². The second kappa shape index (κ2) is 13.8. The van der Waals surface area contributed by atoms with Gasteiger partial charge in [-0.25, -0.2) is 19.6 Å². The number of imidazole rings is 2. The summed E-state index contributed by atoms with van der Waals surface area (Å²) in [5.74, 6) is 2.15. The highest BCUT2D eigenvalue weighted by atomic mass is 16.6. The maximum absolute atomic E-state index is 13.7. The van der Waals surface area contributed by atoms with Crippen LogP contribution < -0.4 is 10.1 Å². The molecule has 3 atom stereocenters. The molecular formula is C41H49N7O6. The number of carbonyl (C=O) groups excluding carboxylic acids is 3. The molecule has 0 saturated carbocycles. The summed E-state index contributed by atoms with van der Waals surface area (Å²) in [5, 5.41) is 2.73. The monoisotopic (exact) mass is 735 g/mol. The molecule has 5 heterocycles. The second-order valence-electron chi connectivity index (χ2n) is 16.2. The van der Waals surface area contributed by atoms with Gasteiger partial charge in [0.25, 0.3) is 0 Å². The number of nitrogens with one attached hydrogen (secondary N) is 3. The van der Waals surface area contributed by atoms with Gasteiger partial charge in [0.1, 0.15) is 35.6 Å². The molecule has 284 valence electrons. The number of ether oxygens (including phenoxy) is 3. The van der Waals surface area contributed by atoms with Crippen LogP contribution in [0.4, 0.5) is 9.59 Å². The van der Waals surface area contributed by atoms with Gasteiger partial charge < -0.3 is 34.4 Å². The molecule has 2 aromatic heterocycles. The van der Waals surface area contributed by atoms with Crippen molar-refractivity contribution in [3.05, 3.63) is 65.0 Å². The van der Waals surface area contributed by atoms with Crippen LogP contribution in [0, 0.1) is 5.92 Å². The molecule has 4 aromatic rings. The van der Waals surface area contributed by atoms with E-state index in [2.05, 4.69) is 45.6 Å². The Hall–Kier alpha value is -5.33. The third kappa shape index (κ3) is 6.58. The molecule has 8 rings (SSSR count). The number of aromatic amines is 2. The maximum atomic E-state index is 13.7. The zero-order valence-electron chi connectivity index (χ0n) is 31.9. The average molecular weight is 736 g/mol. The molecule has 2 saturated heterocycles. The lowest BCUT2D eigenvalue weighted by atomic mass is 9.86. The molecule has 2 fully saturated rings. The van der Waals surface area contributed by atoms with Crippen molar-refractivity contribution in [1.29, 1.82) is 0 Å². The van der Waals surface area contributed by atoms with Crippen LogP contribution in [0.15, 0.2) is 36.5 Å². The predicted molar refractivity (Wildman–Crippen MR) is 202 cm³/mol. The highest BCUT2D eigenvalue weighted by Crippen LogP contribution is 2.45. The van der Waals surface area contributed by atoms with Crippen LogP contribution in [0.5, 0.6) is 5.75 Å². The lowest BCUT2D eigenvalue weighted by Crippen LogP contribution is -2.51. The number of hydrogen-bond acceptors (Lipinski definition) is 8. The molecule has 54 heavy (non-hydrogen) atoms. The first kappa shape index (κ1) is 35.7. The molecule has 13 nitrogen and oxygen atoms in total. The van der Waals surface area contributed by atoms with Crippen molar-refractivity contribution in [3.63, 3.8) is 0 Å². The van der Waals surface area contributed by atoms with Gasteiger partial charge in [-0.3, -0.25) is 9.69 Å². The van der Waals surface area contributed by atoms with Crippen molar-refractivity contribution in [2.24, 2.45) is 5.92 Å². The van der Waals surface area contributed by atoms with Crippen LogP contribution in [0.2, 0.25) is 0 Å². The van der Waals surface area contributed by atoms with E-state index in [0.29, 0.717) is 19.7 Å². The zero-order valence-corrected chi connectivity index (χ0v) is 31.9. The van der Waals surface area contributed by atoms with Crippen LogP contribution in [0.25, 0.3) is 33.6 Å². The highest BCUT2D eigenvalue weighted by Gasteiger charge is 2.39. The minimum Gasteiger partial charge on any atom is -0.488 e. The molecule has 0 unspecified atom stereocenters. The third-order valence-corrected chi connectivity index (χ3v) is 11.0. The minimum absolute atomic E-state index is 0.101. The number of fused-ring (bicyclic) bond motifs is 6. The van der Waals surface area contributed by atoms with Gasteiger partial charge in [-0.1, -0.05) is 26.0 Å². The van der Waals surface area contributed by atoms with Gasteiger partial charge in [0.2, 0.25) is 5.91 Å². The van der Waals surface area contributed by atoms with Gasteiger partial charge in [0, 0.05) is 29.9 Å². The number of hydrogen-bond donors (Lipinski definition) is 3. The molecule has 0 spiro atoms. The fraction of sp³-hybridized carbons (Fsp3) is 0.488. The molecule has 0 bridgehead atoms. The van der Waals surface area contributed by atoms with Crippen molar-refractivity contribution in [1.82, 2.24) is 35.1 Å². The number of carbonyl (C=O) groups is 3. The summed E-state index contributed by atoms with van der Waals surface area (Å²) in [7, 11) is 1.30. The van der Waals surface area contributed by atoms with E-state index in [1.807, 2.05) is 45.7 Å². The summed E-state index contributed by atoms with van der Waals surface area (Å²) in [4.78, 5) is 59.2. The summed E-state index contributed by atoms with van der Waals surface area (Å²) >= 11 is 0. The standard InChI is InChI=1S/C41H49N7O6/c1-22(2)34(46-39(50)52-6)38(49)47-15-7-10-32(47)37-43-29-14-12-23-18-28-26-13-11-24(17-25(26)21-53-33(28)19-27(23)35(29)45-37)30-20-42-36(44-30)31-9-8-16-48(31)40(51)54-41(3,4)5/h11,13,17-20,22,31-32,34H,7-10,12,14-16,21H2,1-6H3,(H,42,44)(H,43,45)(H,46,50)/t31-,32-,34-/m0/s1. The lowest BCUT2D eigenvalue weighted by Gasteiger charge is -2.30. The normalized spacial score (nSPS) is 19.4. The predicted octanol–water partition coefficient (Wildman–Crippen LogP) is 7.24. The van der Waals surface area contributed by atoms with Crippen molar-refractivity contribution in [3.8, 4) is 39.4 Å². The number of nitrogens with zero attached hydrogens (tertiary/aromatic N) is 4. The van der Waals surface area contributed by atoms with E-state index in [1.54, 1.807) is 4.90 Å². The van der Waals surface area contributed by atoms with Crippen molar-refractivity contribution >= 4 is 18.1 Å². The summed E-state index contributed by atoms with van der Waals surface area (Å²) in [6.45, 7) is 11.2. The number of alkyl carbamates (subject to hydrolysis) is 1. The molecule has 13 heteroatoms. The lowest BCUT2D eigenvalue weighted by molar-refractivity contribution is -0.135. The molecule has 1 aliphatic carbocycles. The van der Waals surface area contributed by atoms with Crippen LogP contribution >= 0.6 is 0 Å². The van der Waals surface area contributed by atoms with Gasteiger partial charge in [0.15, 0.2) is 0 Å². The highest BCUT2D eigenvalue weighted by molar-refractivity contribution is 5.87. The molecular weight excluding hydrogens is 686 g/mol. The van der Waals surface area contributed by atoms with Crippen molar-refractivity contribution in [2.75, 3.05) is 20.2 Å². The minimum atomic E-state index is -0.684. The first-order valence-electron chi connectivity index (χ1n) is 19.1. The number of amides is 3. The quantitative estimate of drug-likeness (QED) is 0.187. The Bertz CT molecular complexity index is 2110. The van der Waals surface area contributed by atoms with Crippen LogP contribution in [0.1, 0.15) is 101 Å². The van der Waals surface area contributed by atoms with Crippen LogP contribution in [0.3, 0.4) is 0 Å². The van der Waals surface area contributed by atoms with E-state index in [-0.39, 0.29) is 30.0 Å². The average Bonchev–Trinajstić information content (AvgIpc) is 3.97. The number of rotatable bonds is 6. The van der Waals surface area contributed by atoms with E-state index >= 15 is 0 Å². The van der Waals surface area contributed by atoms with E-state index in [0.717, 1.165) is 101 Å². The fourth-order valence-corrected chi connectivity index (χ4v) is 8.37. The number of likely N-dealkylation sites (tertiary alicyclic amines) is 2. The molecule has 4 aliphatic rings. The number of aromatic nitrogens is 4. The van der Waals surface area contributed by atoms with Crippen LogP contribution in [-0.4, -0.2) is 79.7 Å². The van der Waals surface area contributed by atoms with Crippen molar-refractivity contribution in [2.45, 2.75) is 103 Å². The van der Waals surface area contributed by atoms with Gasteiger partial charge in [0.05, 0.1) is 36.8 Å². The summed E-state index contributed by atoms with van der Waals surface area (Å²) in [6, 6.07) is 9.77. The summed E-state index contributed by atoms with van der Waals surface area (Å²) in [5.41, 5.74) is 8.89. The smallest absolute Gasteiger partial charge is 0.410 e. The molecule has 3 N–H and O–H groups in total. The Morgan fingerprint density at radius 3 is 2.43 bits per heavy atom. The summed E-state index contributed by atoms with van der Waals surface area (Å²) < 4.78 is 16.9. The van der Waals surface area contributed by atoms with Crippen LogP contribution in [-0.2, 0) is 33.7 Å². The number of aryl methyl sites for hydroxylation is 2. The zero-order chi connectivity index (χ0) is 37.9. The fourth-order valence-electron chi connectivity index (χ4n) is 8.37. The first-order valence-corrected chi connectivity index (χ1v) is 19.1. The largest absolute Gasteiger partial charge is 0.488 e. The molecule has 0 radical (unpaired) electrons. The van der Waals surface area contributed by atoms with Gasteiger partial charge in [-0.2, -0.15) is 0 Å².